The molecule has 0 saturated heterocycles. The van der Waals surface area contributed by atoms with Crippen molar-refractivity contribution in [2.75, 3.05) is 4.90 Å². The van der Waals surface area contributed by atoms with Crippen LogP contribution in [0.15, 0.2) is 212 Å². The molecule has 58 heavy (non-hydrogen) atoms. The fourth-order valence-corrected chi connectivity index (χ4v) is 7.82. The van der Waals surface area contributed by atoms with E-state index in [9.17, 15) is 5.26 Å². The molecule has 0 fully saturated rings. The zero-order valence-corrected chi connectivity index (χ0v) is 31.4. The van der Waals surface area contributed by atoms with E-state index in [0.29, 0.717) is 11.4 Å². The molecule has 0 aliphatic carbocycles. The summed E-state index contributed by atoms with van der Waals surface area (Å²) in [6.45, 7) is 0. The minimum atomic E-state index is 0.574. The van der Waals surface area contributed by atoms with Crippen LogP contribution in [0.3, 0.4) is 0 Å². The molecule has 0 saturated carbocycles. The van der Waals surface area contributed by atoms with E-state index in [1.165, 1.54) is 10.8 Å². The molecule has 0 aliphatic heterocycles. The molecule has 0 atom stereocenters. The molecule has 8 aromatic carbocycles. The number of nitrogens with zero attached hydrogens (tertiary/aromatic N) is 5. The van der Waals surface area contributed by atoms with Crippen LogP contribution in [0.1, 0.15) is 5.56 Å². The van der Waals surface area contributed by atoms with Crippen molar-refractivity contribution in [1.82, 2.24) is 14.5 Å². The number of anilines is 3. The van der Waals surface area contributed by atoms with Crippen LogP contribution in [0, 0.1) is 11.3 Å². The van der Waals surface area contributed by atoms with Crippen molar-refractivity contribution in [2.24, 2.45) is 0 Å². The Morgan fingerprint density at radius 2 is 0.931 bits per heavy atom. The quantitative estimate of drug-likeness (QED) is 0.156. The highest BCUT2D eigenvalue weighted by atomic mass is 15.1. The van der Waals surface area contributed by atoms with Gasteiger partial charge in [-0.1, -0.05) is 133 Å². The van der Waals surface area contributed by atoms with Gasteiger partial charge in [0.05, 0.1) is 34.1 Å². The van der Waals surface area contributed by atoms with Crippen molar-refractivity contribution in [3.05, 3.63) is 218 Å². The molecule has 10 aromatic rings. The minimum absolute atomic E-state index is 0.574. The van der Waals surface area contributed by atoms with E-state index in [1.807, 2.05) is 42.5 Å². The number of hydrogen-bond acceptors (Lipinski definition) is 4. The third-order valence-electron chi connectivity index (χ3n) is 10.6. The summed E-state index contributed by atoms with van der Waals surface area (Å²) < 4.78 is 2.36. The van der Waals surface area contributed by atoms with Gasteiger partial charge in [0.1, 0.15) is 0 Å². The second-order valence-electron chi connectivity index (χ2n) is 14.2. The highest BCUT2D eigenvalue weighted by Gasteiger charge is 2.18. The minimum Gasteiger partial charge on any atom is -0.310 e. The molecule has 0 N–H and O–H groups in total. The monoisotopic (exact) mass is 741 g/mol. The summed E-state index contributed by atoms with van der Waals surface area (Å²) in [6.07, 6.45) is 0. The van der Waals surface area contributed by atoms with E-state index in [4.69, 9.17) is 9.97 Å². The lowest BCUT2D eigenvalue weighted by molar-refractivity contribution is 1.18. The van der Waals surface area contributed by atoms with Gasteiger partial charge in [-0.05, 0) is 90.0 Å². The third kappa shape index (κ3) is 6.45. The average molecular weight is 742 g/mol. The van der Waals surface area contributed by atoms with Gasteiger partial charge >= 0.3 is 0 Å². The molecule has 0 bridgehead atoms. The van der Waals surface area contributed by atoms with Crippen LogP contribution in [0.25, 0.3) is 72.5 Å². The Balaban J connectivity index is 0.992. The molecule has 0 radical (unpaired) electrons. The smallest absolute Gasteiger partial charge is 0.160 e. The maximum absolute atomic E-state index is 9.54. The van der Waals surface area contributed by atoms with Gasteiger partial charge in [-0.25, -0.2) is 9.97 Å². The van der Waals surface area contributed by atoms with Crippen molar-refractivity contribution in [3.63, 3.8) is 0 Å². The molecule has 5 heteroatoms. The molecular formula is C53H35N5. The molecule has 2 heterocycles. The molecular weight excluding hydrogens is 707 g/mol. The summed E-state index contributed by atoms with van der Waals surface area (Å²) in [5.74, 6) is 0.583. The van der Waals surface area contributed by atoms with Crippen LogP contribution >= 0.6 is 0 Å². The van der Waals surface area contributed by atoms with Crippen molar-refractivity contribution in [3.8, 4) is 56.8 Å². The molecule has 0 aliphatic rings. The van der Waals surface area contributed by atoms with E-state index in [0.717, 1.165) is 73.0 Å². The topological polar surface area (TPSA) is 57.7 Å². The largest absolute Gasteiger partial charge is 0.310 e. The lowest BCUT2D eigenvalue weighted by Gasteiger charge is -2.25. The molecule has 272 valence electrons. The van der Waals surface area contributed by atoms with Crippen molar-refractivity contribution in [2.45, 2.75) is 0 Å². The van der Waals surface area contributed by atoms with E-state index in [1.54, 1.807) is 6.07 Å². The highest BCUT2D eigenvalue weighted by molar-refractivity contribution is 6.10. The van der Waals surface area contributed by atoms with Crippen LogP contribution < -0.4 is 4.90 Å². The van der Waals surface area contributed by atoms with Gasteiger partial charge in [0, 0.05) is 50.2 Å². The molecule has 0 spiro atoms. The Bertz CT molecular complexity index is 3050. The molecule has 2 aromatic heterocycles. The zero-order valence-electron chi connectivity index (χ0n) is 31.4. The Kier molecular flexibility index (Phi) is 8.83. The van der Waals surface area contributed by atoms with Crippen molar-refractivity contribution >= 4 is 38.9 Å². The zero-order chi connectivity index (χ0) is 38.8. The first kappa shape index (κ1) is 34.4. The predicted octanol–water partition coefficient (Wildman–Crippen LogP) is 13.6. The van der Waals surface area contributed by atoms with Gasteiger partial charge in [-0.2, -0.15) is 5.26 Å². The van der Waals surface area contributed by atoms with Gasteiger partial charge in [-0.3, -0.25) is 0 Å². The Hall–Kier alpha value is -8.07. The first-order valence-electron chi connectivity index (χ1n) is 19.3. The highest BCUT2D eigenvalue weighted by Crippen LogP contribution is 2.40. The summed E-state index contributed by atoms with van der Waals surface area (Å²) in [5, 5.41) is 11.9. The number of rotatable bonds is 8. The third-order valence-corrected chi connectivity index (χ3v) is 10.6. The molecule has 0 amide bonds. The maximum atomic E-state index is 9.54. The van der Waals surface area contributed by atoms with Gasteiger partial charge in [0.25, 0.3) is 0 Å². The number of benzene rings is 8. The van der Waals surface area contributed by atoms with Crippen LogP contribution in [-0.2, 0) is 0 Å². The first-order valence-corrected chi connectivity index (χ1v) is 19.3. The fraction of sp³-hybridized carbons (Fsp3) is 0. The van der Waals surface area contributed by atoms with Crippen LogP contribution in [-0.4, -0.2) is 14.5 Å². The summed E-state index contributed by atoms with van der Waals surface area (Å²) >= 11 is 0. The predicted molar refractivity (Wildman–Crippen MR) is 238 cm³/mol. The van der Waals surface area contributed by atoms with E-state index in [2.05, 4.69) is 179 Å². The Morgan fingerprint density at radius 3 is 1.59 bits per heavy atom. The molecule has 0 unspecified atom stereocenters. The number of hydrogen-bond donors (Lipinski definition) is 0. The van der Waals surface area contributed by atoms with E-state index < -0.39 is 0 Å². The van der Waals surface area contributed by atoms with Crippen molar-refractivity contribution in [1.29, 1.82) is 5.26 Å². The van der Waals surface area contributed by atoms with Gasteiger partial charge in [0.2, 0.25) is 0 Å². The standard InChI is InChI=1S/C53H35N5/c54-36-37-13-12-16-42(33-37)53-55-49(40-14-4-1-5-15-40)35-50(56-53)41-25-23-38(24-26-41)39-27-29-45(30-28-39)58-51-22-11-10-21-47(51)48-34-46(31-32-52(48)58)57(43-17-6-2-7-18-43)44-19-8-3-9-20-44/h1-35H. The van der Waals surface area contributed by atoms with Crippen LogP contribution in [0.2, 0.25) is 0 Å². The summed E-state index contributed by atoms with van der Waals surface area (Å²) in [5.41, 5.74) is 14.0. The summed E-state index contributed by atoms with van der Waals surface area (Å²) in [7, 11) is 0. The first-order chi connectivity index (χ1) is 28.7. The Morgan fingerprint density at radius 1 is 0.397 bits per heavy atom. The van der Waals surface area contributed by atoms with Crippen LogP contribution in [0.4, 0.5) is 17.1 Å². The SMILES string of the molecule is N#Cc1cccc(-c2nc(-c3ccccc3)cc(-c3ccc(-c4ccc(-n5c6ccccc6c6cc(N(c7ccccc7)c7ccccc7)ccc65)cc4)cc3)n2)c1. The lowest BCUT2D eigenvalue weighted by atomic mass is 10.0. The number of fused-ring (bicyclic) bond motifs is 3. The number of aromatic nitrogens is 3. The average Bonchev–Trinajstić information content (AvgIpc) is 3.64. The van der Waals surface area contributed by atoms with Crippen LogP contribution in [0.5, 0.6) is 0 Å². The normalized spacial score (nSPS) is 11.1. The molecule has 10 rings (SSSR count). The fourth-order valence-electron chi connectivity index (χ4n) is 7.82. The number of nitriles is 1. The van der Waals surface area contributed by atoms with Gasteiger partial charge in [0.15, 0.2) is 5.82 Å². The number of para-hydroxylation sites is 3. The van der Waals surface area contributed by atoms with E-state index in [-0.39, 0.29) is 0 Å². The second-order valence-corrected chi connectivity index (χ2v) is 14.2. The maximum Gasteiger partial charge on any atom is 0.160 e. The Labute approximate surface area is 337 Å². The second kappa shape index (κ2) is 14.9. The lowest BCUT2D eigenvalue weighted by Crippen LogP contribution is -2.09. The summed E-state index contributed by atoms with van der Waals surface area (Å²) in [4.78, 5) is 12.2. The van der Waals surface area contributed by atoms with E-state index >= 15 is 0 Å². The summed E-state index contributed by atoms with van der Waals surface area (Å²) in [6, 6.07) is 75.7. The molecule has 5 nitrogen and oxygen atoms in total. The van der Waals surface area contributed by atoms with Crippen molar-refractivity contribution < 1.29 is 0 Å². The van der Waals surface area contributed by atoms with Gasteiger partial charge in [-0.15, -0.1) is 0 Å². The van der Waals surface area contributed by atoms with Gasteiger partial charge < -0.3 is 9.47 Å².